The number of rotatable bonds is 5. The van der Waals surface area contributed by atoms with Crippen LogP contribution in [-0.2, 0) is 25.9 Å². The molecule has 0 radical (unpaired) electrons. The fourth-order valence-electron chi connectivity index (χ4n) is 0.618. The van der Waals surface area contributed by atoms with E-state index in [1.165, 1.54) is 0 Å². The van der Waals surface area contributed by atoms with Crippen LogP contribution in [0.25, 0.3) is 0 Å². The molecule has 0 heterocycles. The van der Waals surface area contributed by atoms with Crippen molar-refractivity contribution in [2.75, 3.05) is 6.61 Å². The van der Waals surface area contributed by atoms with Crippen LogP contribution in [0.1, 0.15) is 0 Å². The van der Waals surface area contributed by atoms with E-state index in [1.807, 2.05) is 0 Å². The molecule has 0 fully saturated rings. The van der Waals surface area contributed by atoms with Crippen molar-refractivity contribution in [1.29, 1.82) is 0 Å². The third kappa shape index (κ3) is 4.81. The summed E-state index contributed by atoms with van der Waals surface area (Å²) in [5, 5.41) is 43.5. The van der Waals surface area contributed by atoms with Gasteiger partial charge in [-0.1, -0.05) is 0 Å². The van der Waals surface area contributed by atoms with Crippen molar-refractivity contribution in [2.24, 2.45) is 0 Å². The maximum Gasteiger partial charge on any atom is 0.151 e. The molecule has 0 amide bonds. The van der Waals surface area contributed by atoms with Crippen LogP contribution in [0.15, 0.2) is 0 Å². The fourth-order valence-corrected chi connectivity index (χ4v) is 0.618. The molecule has 0 aliphatic heterocycles. The van der Waals surface area contributed by atoms with Crippen molar-refractivity contribution in [2.45, 2.75) is 24.4 Å². The van der Waals surface area contributed by atoms with E-state index in [0.717, 1.165) is 0 Å². The van der Waals surface area contributed by atoms with Gasteiger partial charge >= 0.3 is 0 Å². The average molecular weight is 364 g/mol. The van der Waals surface area contributed by atoms with Crippen LogP contribution in [0.3, 0.4) is 0 Å². The quantitative estimate of drug-likeness (QED) is 0.325. The van der Waals surface area contributed by atoms with Gasteiger partial charge in [-0.05, 0) is 0 Å². The SMILES string of the molecule is O=CC(O)C(O)C(O)C(O)CO.[W]. The molecule has 5 N–H and O–H groups in total. The monoisotopic (exact) mass is 364 g/mol. The first-order chi connectivity index (χ1) is 5.54. The van der Waals surface area contributed by atoms with E-state index in [-0.39, 0.29) is 27.4 Å². The minimum atomic E-state index is -1.79. The molecule has 0 spiro atoms. The zero-order valence-corrected chi connectivity index (χ0v) is 9.58. The Labute approximate surface area is 89.1 Å². The second-order valence-corrected chi connectivity index (χ2v) is 2.36. The van der Waals surface area contributed by atoms with Gasteiger partial charge in [-0.2, -0.15) is 0 Å². The van der Waals surface area contributed by atoms with Crippen LogP contribution in [0.2, 0.25) is 0 Å². The van der Waals surface area contributed by atoms with Crippen LogP contribution in [0.4, 0.5) is 0 Å². The summed E-state index contributed by atoms with van der Waals surface area (Å²) < 4.78 is 0. The summed E-state index contributed by atoms with van der Waals surface area (Å²) in [7, 11) is 0. The molecule has 0 rings (SSSR count). The molecule has 0 aromatic rings. The Kier molecular flexibility index (Phi) is 9.08. The molecular formula is C6H12O6W. The van der Waals surface area contributed by atoms with Gasteiger partial charge in [0.15, 0.2) is 6.29 Å². The van der Waals surface area contributed by atoms with Gasteiger partial charge in [0.1, 0.15) is 24.4 Å². The Morgan fingerprint density at radius 1 is 1.08 bits per heavy atom. The number of hydrogen-bond donors (Lipinski definition) is 5. The fraction of sp³-hybridized carbons (Fsp3) is 0.833. The molecule has 4 atom stereocenters. The number of hydrogen-bond acceptors (Lipinski definition) is 6. The van der Waals surface area contributed by atoms with Crippen molar-refractivity contribution in [3.8, 4) is 0 Å². The molecule has 0 bridgehead atoms. The van der Waals surface area contributed by atoms with E-state index in [9.17, 15) is 4.79 Å². The summed E-state index contributed by atoms with van der Waals surface area (Å²) in [6, 6.07) is 0. The normalized spacial score (nSPS) is 19.5. The van der Waals surface area contributed by atoms with Crippen molar-refractivity contribution < 1.29 is 51.4 Å². The zero-order chi connectivity index (χ0) is 9.72. The van der Waals surface area contributed by atoms with Crippen LogP contribution in [0.5, 0.6) is 0 Å². The van der Waals surface area contributed by atoms with E-state index in [2.05, 4.69) is 0 Å². The first-order valence-electron chi connectivity index (χ1n) is 3.33. The van der Waals surface area contributed by atoms with Gasteiger partial charge in [-0.15, -0.1) is 0 Å². The number of aliphatic hydroxyl groups excluding tert-OH is 5. The Balaban J connectivity index is 0. The van der Waals surface area contributed by atoms with E-state index in [0.29, 0.717) is 0 Å². The Hall–Kier alpha value is 0.158. The molecule has 0 aromatic heterocycles. The third-order valence-corrected chi connectivity index (χ3v) is 1.42. The van der Waals surface area contributed by atoms with Gasteiger partial charge in [-0.25, -0.2) is 0 Å². The zero-order valence-electron chi connectivity index (χ0n) is 6.65. The van der Waals surface area contributed by atoms with E-state index < -0.39 is 31.0 Å². The van der Waals surface area contributed by atoms with E-state index in [4.69, 9.17) is 25.5 Å². The molecule has 78 valence electrons. The standard InChI is InChI=1S/C6H12O6.W/c7-1-3(9)5(11)6(12)4(10)2-8;/h1,3-6,8-12H,2H2;. The molecule has 4 unspecified atom stereocenters. The Morgan fingerprint density at radius 2 is 1.54 bits per heavy atom. The number of aldehydes is 1. The molecule has 0 saturated heterocycles. The van der Waals surface area contributed by atoms with Crippen molar-refractivity contribution in [3.63, 3.8) is 0 Å². The van der Waals surface area contributed by atoms with Crippen LogP contribution < -0.4 is 0 Å². The Morgan fingerprint density at radius 3 is 1.85 bits per heavy atom. The average Bonchev–Trinajstić information content (AvgIpc) is 2.12. The van der Waals surface area contributed by atoms with Gasteiger partial charge in [0.2, 0.25) is 0 Å². The Bertz CT molecular complexity index is 143. The maximum atomic E-state index is 9.90. The molecule has 0 aromatic carbocycles. The minimum absolute atomic E-state index is 0. The summed E-state index contributed by atoms with van der Waals surface area (Å²) in [5.41, 5.74) is 0. The maximum absolute atomic E-state index is 9.90. The molecule has 0 aliphatic rings. The topological polar surface area (TPSA) is 118 Å². The van der Waals surface area contributed by atoms with Gasteiger partial charge in [0.25, 0.3) is 0 Å². The van der Waals surface area contributed by atoms with Crippen LogP contribution in [-0.4, -0.2) is 62.8 Å². The predicted octanol–water partition coefficient (Wildman–Crippen LogP) is -3.38. The molecule has 13 heavy (non-hydrogen) atoms. The van der Waals surface area contributed by atoms with E-state index >= 15 is 0 Å². The summed E-state index contributed by atoms with van der Waals surface area (Å²) in [5.74, 6) is 0. The van der Waals surface area contributed by atoms with Crippen molar-refractivity contribution >= 4 is 6.29 Å². The second kappa shape index (κ2) is 7.55. The van der Waals surface area contributed by atoms with Gasteiger partial charge in [0.05, 0.1) is 6.61 Å². The summed E-state index contributed by atoms with van der Waals surface area (Å²) in [6.07, 6.45) is -6.84. The first-order valence-corrected chi connectivity index (χ1v) is 3.33. The van der Waals surface area contributed by atoms with Crippen molar-refractivity contribution in [1.82, 2.24) is 0 Å². The smallest absolute Gasteiger partial charge is 0.151 e. The molecular weight excluding hydrogens is 352 g/mol. The van der Waals surface area contributed by atoms with Gasteiger partial charge in [0, 0.05) is 21.1 Å². The molecule has 7 heteroatoms. The van der Waals surface area contributed by atoms with Crippen LogP contribution in [0, 0.1) is 0 Å². The number of aliphatic hydroxyl groups is 5. The first kappa shape index (κ1) is 15.6. The third-order valence-electron chi connectivity index (χ3n) is 1.42. The number of carbonyl (C=O) groups excluding carboxylic acids is 1. The van der Waals surface area contributed by atoms with E-state index in [1.54, 1.807) is 0 Å². The summed E-state index contributed by atoms with van der Waals surface area (Å²) >= 11 is 0. The summed E-state index contributed by atoms with van der Waals surface area (Å²) in [6.45, 7) is -0.760. The van der Waals surface area contributed by atoms with Crippen molar-refractivity contribution in [3.05, 3.63) is 0 Å². The predicted molar refractivity (Wildman–Crippen MR) is 37.2 cm³/mol. The largest absolute Gasteiger partial charge is 0.394 e. The number of carbonyl (C=O) groups is 1. The second-order valence-electron chi connectivity index (χ2n) is 2.36. The van der Waals surface area contributed by atoms with Gasteiger partial charge in [-0.3, -0.25) is 0 Å². The molecule has 6 nitrogen and oxygen atoms in total. The molecule has 0 aliphatic carbocycles. The van der Waals surface area contributed by atoms with Gasteiger partial charge < -0.3 is 30.3 Å². The molecule has 0 saturated carbocycles. The summed E-state index contributed by atoms with van der Waals surface area (Å²) in [4.78, 5) is 9.90. The minimum Gasteiger partial charge on any atom is -0.394 e. The van der Waals surface area contributed by atoms with Crippen LogP contribution >= 0.6 is 0 Å².